The fraction of sp³-hybridized carbons (Fsp3) is 0.474. The second kappa shape index (κ2) is 8.24. The Balaban J connectivity index is 1.47. The van der Waals surface area contributed by atoms with Gasteiger partial charge in [0.25, 0.3) is 0 Å². The summed E-state index contributed by atoms with van der Waals surface area (Å²) in [5.41, 5.74) is 2.06. The fourth-order valence-corrected chi connectivity index (χ4v) is 4.62. The third-order valence-corrected chi connectivity index (χ3v) is 6.13. The number of nitrogens with zero attached hydrogens (tertiary/aromatic N) is 3. The van der Waals surface area contributed by atoms with Crippen LogP contribution in [0, 0.1) is 0 Å². The smallest absolute Gasteiger partial charge is 0.224 e. The predicted molar refractivity (Wildman–Crippen MR) is 103 cm³/mol. The lowest BCUT2D eigenvalue weighted by atomic mass is 10.2. The zero-order chi connectivity index (χ0) is 17.8. The number of thioether (sulfide) groups is 1. The maximum absolute atomic E-state index is 12.6. The molecule has 1 amide bonds. The number of morpholine rings is 1. The van der Waals surface area contributed by atoms with E-state index in [0.29, 0.717) is 6.42 Å². The SMILES string of the molecule is O=C1CCSC(c2cnc(-c3ccccc3)[nH]2)N1CCN1CCOCC1. The molecular weight excluding hydrogens is 348 g/mol. The summed E-state index contributed by atoms with van der Waals surface area (Å²) in [6, 6.07) is 10.1. The number of benzene rings is 1. The molecule has 0 spiro atoms. The van der Waals surface area contributed by atoms with Crippen LogP contribution < -0.4 is 0 Å². The van der Waals surface area contributed by atoms with Crippen LogP contribution in [0.4, 0.5) is 0 Å². The monoisotopic (exact) mass is 372 g/mol. The Labute approximate surface area is 157 Å². The molecule has 1 aromatic carbocycles. The molecule has 1 aromatic heterocycles. The van der Waals surface area contributed by atoms with Gasteiger partial charge >= 0.3 is 0 Å². The summed E-state index contributed by atoms with van der Waals surface area (Å²) in [5, 5.41) is 0.0160. The van der Waals surface area contributed by atoms with E-state index in [1.54, 1.807) is 0 Å². The first-order valence-electron chi connectivity index (χ1n) is 9.13. The minimum atomic E-state index is 0.0160. The predicted octanol–water partition coefficient (Wildman–Crippen LogP) is 2.37. The van der Waals surface area contributed by atoms with Crippen LogP contribution in [0.25, 0.3) is 11.4 Å². The number of aromatic nitrogens is 2. The minimum absolute atomic E-state index is 0.0160. The molecule has 2 fully saturated rings. The summed E-state index contributed by atoms with van der Waals surface area (Å²) < 4.78 is 5.41. The largest absolute Gasteiger partial charge is 0.379 e. The zero-order valence-electron chi connectivity index (χ0n) is 14.8. The molecule has 0 saturated carbocycles. The van der Waals surface area contributed by atoms with Crippen molar-refractivity contribution in [3.05, 3.63) is 42.2 Å². The van der Waals surface area contributed by atoms with Gasteiger partial charge in [0.05, 0.1) is 25.1 Å². The van der Waals surface area contributed by atoms with E-state index < -0.39 is 0 Å². The summed E-state index contributed by atoms with van der Waals surface area (Å²) in [5.74, 6) is 1.95. The number of aromatic amines is 1. The van der Waals surface area contributed by atoms with Crippen molar-refractivity contribution >= 4 is 17.7 Å². The molecule has 0 bridgehead atoms. The Kier molecular flexibility index (Phi) is 5.57. The second-order valence-electron chi connectivity index (χ2n) is 6.57. The van der Waals surface area contributed by atoms with Crippen LogP contribution in [0.3, 0.4) is 0 Å². The summed E-state index contributed by atoms with van der Waals surface area (Å²) in [4.78, 5) is 24.9. The molecule has 1 N–H and O–H groups in total. The number of hydrogen-bond acceptors (Lipinski definition) is 5. The van der Waals surface area contributed by atoms with Crippen molar-refractivity contribution in [2.24, 2.45) is 0 Å². The van der Waals surface area contributed by atoms with Gasteiger partial charge in [-0.15, -0.1) is 11.8 Å². The van der Waals surface area contributed by atoms with Crippen LogP contribution in [0.1, 0.15) is 17.5 Å². The van der Waals surface area contributed by atoms with Crippen molar-refractivity contribution in [3.63, 3.8) is 0 Å². The third-order valence-electron chi connectivity index (χ3n) is 4.86. The molecule has 6 nitrogen and oxygen atoms in total. The van der Waals surface area contributed by atoms with Crippen LogP contribution in [0.2, 0.25) is 0 Å². The standard InChI is InChI=1S/C19H24N4O2S/c24-17-6-13-26-19(23(17)8-7-22-9-11-25-12-10-22)16-14-20-18(21-16)15-4-2-1-3-5-15/h1-5,14,19H,6-13H2,(H,20,21). The van der Waals surface area contributed by atoms with Crippen molar-refractivity contribution < 1.29 is 9.53 Å². The molecule has 0 aliphatic carbocycles. The lowest BCUT2D eigenvalue weighted by Crippen LogP contribution is -2.45. The Morgan fingerprint density at radius 1 is 1.19 bits per heavy atom. The minimum Gasteiger partial charge on any atom is -0.379 e. The van der Waals surface area contributed by atoms with E-state index in [1.165, 1.54) is 0 Å². The number of ether oxygens (including phenoxy) is 1. The number of carbonyl (C=O) groups is 1. The lowest BCUT2D eigenvalue weighted by Gasteiger charge is -2.36. The van der Waals surface area contributed by atoms with Gasteiger partial charge in [-0.2, -0.15) is 0 Å². The molecular formula is C19H24N4O2S. The molecule has 4 rings (SSSR count). The highest BCUT2D eigenvalue weighted by Gasteiger charge is 2.31. The van der Waals surface area contributed by atoms with E-state index in [0.717, 1.165) is 62.2 Å². The molecule has 2 saturated heterocycles. The first kappa shape index (κ1) is 17.6. The van der Waals surface area contributed by atoms with Crippen molar-refractivity contribution in [1.29, 1.82) is 0 Å². The Morgan fingerprint density at radius 2 is 2.00 bits per heavy atom. The third kappa shape index (κ3) is 3.95. The topological polar surface area (TPSA) is 61.5 Å². The van der Waals surface area contributed by atoms with Crippen LogP contribution in [0.5, 0.6) is 0 Å². The fourth-order valence-electron chi connectivity index (χ4n) is 3.40. The number of rotatable bonds is 5. The van der Waals surface area contributed by atoms with Gasteiger partial charge in [-0.1, -0.05) is 30.3 Å². The van der Waals surface area contributed by atoms with E-state index in [-0.39, 0.29) is 11.3 Å². The average Bonchev–Trinajstić information content (AvgIpc) is 3.18. The van der Waals surface area contributed by atoms with Gasteiger partial charge in [0.2, 0.25) is 5.91 Å². The van der Waals surface area contributed by atoms with Crippen molar-refractivity contribution in [2.75, 3.05) is 45.1 Å². The van der Waals surface area contributed by atoms with Gasteiger partial charge in [0.1, 0.15) is 11.2 Å². The summed E-state index contributed by atoms with van der Waals surface area (Å²) in [6.45, 7) is 5.10. The maximum Gasteiger partial charge on any atom is 0.224 e. The first-order valence-corrected chi connectivity index (χ1v) is 10.2. The molecule has 1 atom stereocenters. The van der Waals surface area contributed by atoms with Gasteiger partial charge < -0.3 is 14.6 Å². The molecule has 0 radical (unpaired) electrons. The van der Waals surface area contributed by atoms with Crippen molar-refractivity contribution in [3.8, 4) is 11.4 Å². The van der Waals surface area contributed by atoms with E-state index in [2.05, 4.69) is 14.9 Å². The summed E-state index contributed by atoms with van der Waals surface area (Å²) in [6.07, 6.45) is 2.49. The zero-order valence-corrected chi connectivity index (χ0v) is 15.6. The van der Waals surface area contributed by atoms with Gasteiger partial charge in [-0.3, -0.25) is 9.69 Å². The van der Waals surface area contributed by atoms with Crippen molar-refractivity contribution in [1.82, 2.24) is 19.8 Å². The average molecular weight is 372 g/mol. The number of amides is 1. The molecule has 7 heteroatoms. The van der Waals surface area contributed by atoms with E-state index in [4.69, 9.17) is 4.74 Å². The number of carbonyl (C=O) groups excluding carboxylic acids is 1. The quantitative estimate of drug-likeness (QED) is 0.873. The molecule has 2 aliphatic heterocycles. The normalized spacial score (nSPS) is 21.9. The number of H-pyrrole nitrogens is 1. The Hall–Kier alpha value is -1.83. The highest BCUT2D eigenvalue weighted by Crippen LogP contribution is 2.37. The highest BCUT2D eigenvalue weighted by molar-refractivity contribution is 7.99. The second-order valence-corrected chi connectivity index (χ2v) is 7.76. The van der Waals surface area contributed by atoms with Crippen molar-refractivity contribution in [2.45, 2.75) is 11.8 Å². The molecule has 2 aromatic rings. The van der Waals surface area contributed by atoms with Gasteiger partial charge in [0, 0.05) is 43.9 Å². The summed E-state index contributed by atoms with van der Waals surface area (Å²) in [7, 11) is 0. The van der Waals surface area contributed by atoms with Gasteiger partial charge in [0.15, 0.2) is 0 Å². The van der Waals surface area contributed by atoms with Gasteiger partial charge in [-0.05, 0) is 0 Å². The Morgan fingerprint density at radius 3 is 2.81 bits per heavy atom. The van der Waals surface area contributed by atoms with E-state index in [9.17, 15) is 4.79 Å². The number of nitrogens with one attached hydrogen (secondary N) is 1. The van der Waals surface area contributed by atoms with Crippen LogP contribution in [0.15, 0.2) is 36.5 Å². The van der Waals surface area contributed by atoms with E-state index in [1.807, 2.05) is 53.2 Å². The van der Waals surface area contributed by atoms with Crippen LogP contribution >= 0.6 is 11.8 Å². The summed E-state index contributed by atoms with van der Waals surface area (Å²) >= 11 is 1.81. The maximum atomic E-state index is 12.6. The molecule has 1 unspecified atom stereocenters. The van der Waals surface area contributed by atoms with Crippen LogP contribution in [-0.4, -0.2) is 70.8 Å². The Bertz CT molecular complexity index is 730. The molecule has 138 valence electrons. The number of imidazole rings is 1. The van der Waals surface area contributed by atoms with E-state index >= 15 is 0 Å². The highest BCUT2D eigenvalue weighted by atomic mass is 32.2. The number of hydrogen-bond donors (Lipinski definition) is 1. The van der Waals surface area contributed by atoms with Crippen LogP contribution in [-0.2, 0) is 9.53 Å². The molecule has 2 aliphatic rings. The molecule has 26 heavy (non-hydrogen) atoms. The first-order chi connectivity index (χ1) is 12.8. The molecule has 3 heterocycles. The van der Waals surface area contributed by atoms with Gasteiger partial charge in [-0.25, -0.2) is 4.98 Å². The lowest BCUT2D eigenvalue weighted by molar-refractivity contribution is -0.132.